The van der Waals surface area contributed by atoms with Gasteiger partial charge in [0.2, 0.25) is 0 Å². The third-order valence-corrected chi connectivity index (χ3v) is 0. The molecule has 0 fully saturated rings. The van der Waals surface area contributed by atoms with Crippen LogP contribution in [-0.2, 0) is 33.6 Å². The first-order valence-electron chi connectivity index (χ1n) is 0. The van der Waals surface area contributed by atoms with Gasteiger partial charge in [-0.05, 0) is 0 Å². The molecule has 4 heteroatoms. The maximum absolute atomic E-state index is 0. The van der Waals surface area contributed by atoms with Gasteiger partial charge in [0, 0.05) is 67.6 Å². The van der Waals surface area contributed by atoms with Gasteiger partial charge in [0.15, 0.2) is 0 Å². The standard InChI is InChI=1S/Fe.Mg.Ni.Si. The Morgan fingerprint density at radius 2 is 1.00 bits per heavy atom. The zero-order valence-electron chi connectivity index (χ0n) is 1.88. The van der Waals surface area contributed by atoms with Crippen molar-refractivity contribution in [1.29, 1.82) is 0 Å². The van der Waals surface area contributed by atoms with Crippen molar-refractivity contribution in [2.75, 3.05) is 0 Å². The molecule has 0 aliphatic heterocycles. The summed E-state index contributed by atoms with van der Waals surface area (Å²) in [6.45, 7) is 0. The molecule has 0 bridgehead atoms. The summed E-state index contributed by atoms with van der Waals surface area (Å²) in [5.74, 6) is 0. The fourth-order valence-corrected chi connectivity index (χ4v) is 0. The molecule has 4 heavy (non-hydrogen) atoms. The maximum atomic E-state index is 0. The van der Waals surface area contributed by atoms with Crippen LogP contribution < -0.4 is 0 Å². The zero-order chi connectivity index (χ0) is 0. The molecule has 0 N–H and O–H groups in total. The second-order valence-corrected chi connectivity index (χ2v) is 0. The Morgan fingerprint density at radius 1 is 1.00 bits per heavy atom. The second kappa shape index (κ2) is 20.0. The predicted octanol–water partition coefficient (Wildman–Crippen LogP) is -0.767. The van der Waals surface area contributed by atoms with E-state index < -0.39 is 0 Å². The molecular formula is FeMgNiSi. The van der Waals surface area contributed by atoms with Gasteiger partial charge in [-0.3, -0.25) is 0 Å². The van der Waals surface area contributed by atoms with Gasteiger partial charge in [-0.1, -0.05) is 0 Å². The van der Waals surface area contributed by atoms with Gasteiger partial charge in [-0.15, -0.1) is 0 Å². The van der Waals surface area contributed by atoms with Crippen LogP contribution in [0.3, 0.4) is 0 Å². The van der Waals surface area contributed by atoms with Crippen molar-refractivity contribution in [3.05, 3.63) is 0 Å². The van der Waals surface area contributed by atoms with Gasteiger partial charge in [0.25, 0.3) is 0 Å². The van der Waals surface area contributed by atoms with Gasteiger partial charge >= 0.3 is 0 Å². The van der Waals surface area contributed by atoms with Crippen LogP contribution in [0.15, 0.2) is 0 Å². The minimum absolute atomic E-state index is 0. The van der Waals surface area contributed by atoms with Crippen LogP contribution in [0.5, 0.6) is 0 Å². The largest absolute Gasteiger partial charge is 0 e. The molecule has 0 aromatic carbocycles. The molecule has 0 saturated heterocycles. The van der Waals surface area contributed by atoms with Gasteiger partial charge in [-0.25, -0.2) is 0 Å². The third-order valence-electron chi connectivity index (χ3n) is 0. The Labute approximate surface area is 67.1 Å². The Bertz CT molecular complexity index is 8.00. The molecule has 0 aliphatic carbocycles. The van der Waals surface area contributed by atoms with Crippen LogP contribution in [0.4, 0.5) is 0 Å². The Kier molecular flexibility index (Phi) is 188. The third kappa shape index (κ3) is 9.00. The van der Waals surface area contributed by atoms with Crippen LogP contribution in [0.2, 0.25) is 0 Å². The smallest absolute Gasteiger partial charge is 0 e. The van der Waals surface area contributed by atoms with E-state index in [9.17, 15) is 0 Å². The van der Waals surface area contributed by atoms with E-state index in [0.29, 0.717) is 0 Å². The van der Waals surface area contributed by atoms with E-state index in [1.807, 2.05) is 0 Å². The molecule has 24 valence electrons. The topological polar surface area (TPSA) is 0 Å². The summed E-state index contributed by atoms with van der Waals surface area (Å²) in [5, 5.41) is 0. The van der Waals surface area contributed by atoms with E-state index in [4.69, 9.17) is 0 Å². The minimum atomic E-state index is 0. The van der Waals surface area contributed by atoms with Crippen molar-refractivity contribution in [3.63, 3.8) is 0 Å². The SMILES string of the molecule is [Fe].[Mg].[Ni].[Si]. The molecule has 0 aromatic heterocycles. The van der Waals surface area contributed by atoms with Crippen LogP contribution in [0.1, 0.15) is 0 Å². The molecule has 0 heterocycles. The quantitative estimate of drug-likeness (QED) is 0.415. The summed E-state index contributed by atoms with van der Waals surface area (Å²) >= 11 is 0. The van der Waals surface area contributed by atoms with Crippen LogP contribution in [0.25, 0.3) is 0 Å². The summed E-state index contributed by atoms with van der Waals surface area (Å²) < 4.78 is 0. The van der Waals surface area contributed by atoms with Crippen LogP contribution >= 0.6 is 0 Å². The number of hydrogen-bond acceptors (Lipinski definition) is 0. The van der Waals surface area contributed by atoms with E-state index in [-0.39, 0.29) is 67.6 Å². The first-order valence-corrected chi connectivity index (χ1v) is 0. The molecule has 6 radical (unpaired) electrons. The molecule has 0 spiro atoms. The molecule has 0 aromatic rings. The summed E-state index contributed by atoms with van der Waals surface area (Å²) in [6.07, 6.45) is 0. The molecule has 0 rings (SSSR count). The van der Waals surface area contributed by atoms with E-state index in [2.05, 4.69) is 0 Å². The average Bonchev–Trinajstić information content (AvgIpc) is 0. The Hall–Kier alpha value is 2.00. The molecule has 0 amide bonds. The fourth-order valence-electron chi connectivity index (χ4n) is 0. The van der Waals surface area contributed by atoms with Gasteiger partial charge in [0.05, 0.1) is 0 Å². The van der Waals surface area contributed by atoms with E-state index in [1.165, 1.54) is 0 Å². The molecule has 0 saturated carbocycles. The molecule has 0 unspecified atom stereocenters. The number of rotatable bonds is 0. The van der Waals surface area contributed by atoms with E-state index >= 15 is 0 Å². The average molecular weight is 167 g/mol. The Morgan fingerprint density at radius 3 is 1.00 bits per heavy atom. The number of hydrogen-bond donors (Lipinski definition) is 0. The summed E-state index contributed by atoms with van der Waals surface area (Å²) in [7, 11) is 0. The van der Waals surface area contributed by atoms with Crippen molar-refractivity contribution in [3.8, 4) is 0 Å². The normalized spacial score (nSPS) is 0. The first kappa shape index (κ1) is 37.6. The van der Waals surface area contributed by atoms with Gasteiger partial charge < -0.3 is 0 Å². The predicted molar refractivity (Wildman–Crippen MR) is 11.5 cm³/mol. The fraction of sp³-hybridized carbons (Fsp3) is 0. The second-order valence-electron chi connectivity index (χ2n) is 0. The molecule has 0 nitrogen and oxygen atoms in total. The summed E-state index contributed by atoms with van der Waals surface area (Å²) in [4.78, 5) is 0. The van der Waals surface area contributed by atoms with Gasteiger partial charge in [0.1, 0.15) is 0 Å². The minimum Gasteiger partial charge on any atom is 0 e. The van der Waals surface area contributed by atoms with Crippen LogP contribution in [-0.4, -0.2) is 34.0 Å². The molecule has 0 atom stereocenters. The summed E-state index contributed by atoms with van der Waals surface area (Å²) in [5.41, 5.74) is 0. The van der Waals surface area contributed by atoms with Crippen molar-refractivity contribution < 1.29 is 33.6 Å². The molecule has 0 aliphatic rings. The monoisotopic (exact) mass is 166 g/mol. The zero-order valence-corrected chi connectivity index (χ0v) is 6.38. The first-order chi connectivity index (χ1) is 0. The van der Waals surface area contributed by atoms with Gasteiger partial charge in [-0.2, -0.15) is 0 Å². The van der Waals surface area contributed by atoms with Crippen molar-refractivity contribution >= 4 is 34.0 Å². The van der Waals surface area contributed by atoms with Crippen molar-refractivity contribution in [2.45, 2.75) is 0 Å². The van der Waals surface area contributed by atoms with E-state index in [0.717, 1.165) is 0 Å². The van der Waals surface area contributed by atoms with Crippen molar-refractivity contribution in [2.24, 2.45) is 0 Å². The van der Waals surface area contributed by atoms with Crippen LogP contribution in [0, 0.1) is 0 Å². The van der Waals surface area contributed by atoms with E-state index in [1.54, 1.807) is 0 Å². The maximum Gasteiger partial charge on any atom is 0 e. The Balaban J connectivity index is 0. The van der Waals surface area contributed by atoms with Crippen molar-refractivity contribution in [1.82, 2.24) is 0 Å². The summed E-state index contributed by atoms with van der Waals surface area (Å²) in [6, 6.07) is 0. The molecular weight excluding hydrogens is 167 g/mol.